The van der Waals surface area contributed by atoms with Crippen LogP contribution in [-0.2, 0) is 11.3 Å². The minimum absolute atomic E-state index is 0.00664. The zero-order valence-corrected chi connectivity index (χ0v) is 15.4. The molecule has 1 N–H and O–H groups in total. The van der Waals surface area contributed by atoms with Gasteiger partial charge in [-0.25, -0.2) is 0 Å². The normalized spacial score (nSPS) is 17.3. The number of rotatable bonds is 7. The summed E-state index contributed by atoms with van der Waals surface area (Å²) < 4.78 is 15.8. The molecule has 1 amide bonds. The fourth-order valence-electron chi connectivity index (χ4n) is 3.14. The maximum atomic E-state index is 12.1. The molecule has 140 valence electrons. The summed E-state index contributed by atoms with van der Waals surface area (Å²) in [5.74, 6) is 2.16. The number of carbonyl (C=O) groups is 1. The van der Waals surface area contributed by atoms with Crippen LogP contribution in [0, 0.1) is 13.8 Å². The third kappa shape index (κ3) is 4.54. The fraction of sp³-hybridized carbons (Fsp3) is 0.474. The van der Waals surface area contributed by atoms with E-state index in [2.05, 4.69) is 15.4 Å². The van der Waals surface area contributed by atoms with E-state index in [9.17, 15) is 4.79 Å². The minimum atomic E-state index is -0.106. The third-order valence-electron chi connectivity index (χ3n) is 4.63. The maximum Gasteiger partial charge on any atom is 0.258 e. The molecule has 0 aliphatic carbocycles. The predicted molar refractivity (Wildman–Crippen MR) is 96.3 cm³/mol. The molecule has 3 rings (SSSR count). The van der Waals surface area contributed by atoms with Gasteiger partial charge in [0.15, 0.2) is 6.61 Å². The van der Waals surface area contributed by atoms with Gasteiger partial charge in [-0.2, -0.15) is 0 Å². The zero-order chi connectivity index (χ0) is 18.5. The van der Waals surface area contributed by atoms with Gasteiger partial charge >= 0.3 is 0 Å². The van der Waals surface area contributed by atoms with Crippen molar-refractivity contribution in [2.24, 2.45) is 0 Å². The minimum Gasteiger partial charge on any atom is -0.497 e. The van der Waals surface area contributed by atoms with Gasteiger partial charge in [0.1, 0.15) is 17.3 Å². The number of nitrogens with one attached hydrogen (secondary N) is 1. The standard InChI is InChI=1S/C19H25N3O4/c1-13-18(14(2)26-21-13)11-22-9-8-15(10-22)20-19(23)12-25-17-6-4-16(24-3)5-7-17/h4-7,15H,8-12H2,1-3H3,(H,20,23). The van der Waals surface area contributed by atoms with Crippen LogP contribution >= 0.6 is 0 Å². The average molecular weight is 359 g/mol. The molecule has 1 saturated heterocycles. The number of carbonyl (C=O) groups excluding carboxylic acids is 1. The Hall–Kier alpha value is -2.54. The summed E-state index contributed by atoms with van der Waals surface area (Å²) in [6, 6.07) is 7.32. The van der Waals surface area contributed by atoms with Crippen LogP contribution in [0.1, 0.15) is 23.4 Å². The first kappa shape index (κ1) is 18.3. The number of aromatic nitrogens is 1. The summed E-state index contributed by atoms with van der Waals surface area (Å²) in [5, 5.41) is 7.03. The Morgan fingerprint density at radius 1 is 1.31 bits per heavy atom. The van der Waals surface area contributed by atoms with E-state index in [1.165, 1.54) is 0 Å². The second-order valence-corrected chi connectivity index (χ2v) is 6.56. The highest BCUT2D eigenvalue weighted by Gasteiger charge is 2.25. The lowest BCUT2D eigenvalue weighted by Gasteiger charge is -2.16. The number of ether oxygens (including phenoxy) is 2. The highest BCUT2D eigenvalue weighted by atomic mass is 16.5. The van der Waals surface area contributed by atoms with Crippen molar-refractivity contribution >= 4 is 5.91 Å². The summed E-state index contributed by atoms with van der Waals surface area (Å²) in [6.07, 6.45) is 0.928. The Kier molecular flexibility index (Phi) is 5.78. The molecule has 2 aromatic rings. The molecule has 1 atom stereocenters. The van der Waals surface area contributed by atoms with Crippen LogP contribution < -0.4 is 14.8 Å². The van der Waals surface area contributed by atoms with Gasteiger partial charge in [0.05, 0.1) is 12.8 Å². The van der Waals surface area contributed by atoms with E-state index >= 15 is 0 Å². The number of likely N-dealkylation sites (tertiary alicyclic amines) is 1. The predicted octanol–water partition coefficient (Wildman–Crippen LogP) is 2.07. The molecular formula is C19H25N3O4. The Bertz CT molecular complexity index is 722. The molecular weight excluding hydrogens is 334 g/mol. The van der Waals surface area contributed by atoms with E-state index < -0.39 is 0 Å². The lowest BCUT2D eigenvalue weighted by molar-refractivity contribution is -0.123. The van der Waals surface area contributed by atoms with E-state index in [1.807, 2.05) is 13.8 Å². The number of methoxy groups -OCH3 is 1. The molecule has 7 heteroatoms. The summed E-state index contributed by atoms with van der Waals surface area (Å²) in [6.45, 7) is 6.45. The van der Waals surface area contributed by atoms with Gasteiger partial charge in [-0.05, 0) is 44.5 Å². The molecule has 0 bridgehead atoms. The van der Waals surface area contributed by atoms with Gasteiger partial charge in [0, 0.05) is 31.2 Å². The second kappa shape index (κ2) is 8.23. The van der Waals surface area contributed by atoms with Crippen LogP contribution in [0.5, 0.6) is 11.5 Å². The highest BCUT2D eigenvalue weighted by Crippen LogP contribution is 2.19. The molecule has 1 aliphatic heterocycles. The summed E-state index contributed by atoms with van der Waals surface area (Å²) in [5.41, 5.74) is 2.07. The van der Waals surface area contributed by atoms with Crippen molar-refractivity contribution in [3.63, 3.8) is 0 Å². The highest BCUT2D eigenvalue weighted by molar-refractivity contribution is 5.77. The van der Waals surface area contributed by atoms with Crippen molar-refractivity contribution in [1.29, 1.82) is 0 Å². The van der Waals surface area contributed by atoms with Crippen LogP contribution in [0.4, 0.5) is 0 Å². The Balaban J connectivity index is 1.42. The largest absolute Gasteiger partial charge is 0.497 e. The van der Waals surface area contributed by atoms with Crippen LogP contribution in [0.25, 0.3) is 0 Å². The number of hydrogen-bond acceptors (Lipinski definition) is 6. The zero-order valence-electron chi connectivity index (χ0n) is 15.4. The summed E-state index contributed by atoms with van der Waals surface area (Å²) in [7, 11) is 1.61. The number of nitrogens with zero attached hydrogens (tertiary/aromatic N) is 2. The molecule has 1 unspecified atom stereocenters. The average Bonchev–Trinajstić information content (AvgIpc) is 3.22. The number of aryl methyl sites for hydroxylation is 2. The van der Waals surface area contributed by atoms with E-state index in [1.54, 1.807) is 31.4 Å². The molecule has 2 heterocycles. The monoisotopic (exact) mass is 359 g/mol. The SMILES string of the molecule is COc1ccc(OCC(=O)NC2CCN(Cc3c(C)noc3C)C2)cc1. The first-order valence-electron chi connectivity index (χ1n) is 8.75. The molecule has 1 aromatic heterocycles. The van der Waals surface area contributed by atoms with Crippen molar-refractivity contribution in [2.75, 3.05) is 26.8 Å². The lowest BCUT2D eigenvalue weighted by Crippen LogP contribution is -2.39. The molecule has 7 nitrogen and oxygen atoms in total. The van der Waals surface area contributed by atoms with E-state index in [4.69, 9.17) is 14.0 Å². The fourth-order valence-corrected chi connectivity index (χ4v) is 3.14. The van der Waals surface area contributed by atoms with Gasteiger partial charge in [0.25, 0.3) is 5.91 Å². The van der Waals surface area contributed by atoms with E-state index in [0.717, 1.165) is 48.8 Å². The Morgan fingerprint density at radius 2 is 2.04 bits per heavy atom. The van der Waals surface area contributed by atoms with Crippen molar-refractivity contribution in [2.45, 2.75) is 32.9 Å². The molecule has 26 heavy (non-hydrogen) atoms. The van der Waals surface area contributed by atoms with Crippen molar-refractivity contribution in [1.82, 2.24) is 15.4 Å². The summed E-state index contributed by atoms with van der Waals surface area (Å²) >= 11 is 0. The Morgan fingerprint density at radius 3 is 2.69 bits per heavy atom. The second-order valence-electron chi connectivity index (χ2n) is 6.56. The first-order chi connectivity index (χ1) is 12.5. The van der Waals surface area contributed by atoms with Gasteiger partial charge in [-0.15, -0.1) is 0 Å². The van der Waals surface area contributed by atoms with Crippen molar-refractivity contribution < 1.29 is 18.8 Å². The topological polar surface area (TPSA) is 76.8 Å². The summed E-state index contributed by atoms with van der Waals surface area (Å²) in [4.78, 5) is 14.4. The molecule has 1 aliphatic rings. The van der Waals surface area contributed by atoms with Gasteiger partial charge in [0.2, 0.25) is 0 Å². The number of amides is 1. The number of hydrogen-bond donors (Lipinski definition) is 1. The molecule has 0 radical (unpaired) electrons. The Labute approximate surface area is 153 Å². The lowest BCUT2D eigenvalue weighted by atomic mass is 10.2. The van der Waals surface area contributed by atoms with Gasteiger partial charge < -0.3 is 19.3 Å². The maximum absolute atomic E-state index is 12.1. The van der Waals surface area contributed by atoms with Crippen LogP contribution in [0.2, 0.25) is 0 Å². The van der Waals surface area contributed by atoms with Crippen LogP contribution in [0.15, 0.2) is 28.8 Å². The van der Waals surface area contributed by atoms with Gasteiger partial charge in [-0.1, -0.05) is 5.16 Å². The molecule has 0 saturated carbocycles. The van der Waals surface area contributed by atoms with Crippen molar-refractivity contribution in [3.05, 3.63) is 41.3 Å². The third-order valence-corrected chi connectivity index (χ3v) is 4.63. The van der Waals surface area contributed by atoms with E-state index in [0.29, 0.717) is 5.75 Å². The molecule has 1 aromatic carbocycles. The quantitative estimate of drug-likeness (QED) is 0.816. The molecule has 0 spiro atoms. The van der Waals surface area contributed by atoms with E-state index in [-0.39, 0.29) is 18.6 Å². The van der Waals surface area contributed by atoms with Crippen molar-refractivity contribution in [3.8, 4) is 11.5 Å². The van der Waals surface area contributed by atoms with Gasteiger partial charge in [-0.3, -0.25) is 9.69 Å². The van der Waals surface area contributed by atoms with Crippen LogP contribution in [-0.4, -0.2) is 48.8 Å². The van der Waals surface area contributed by atoms with Crippen LogP contribution in [0.3, 0.4) is 0 Å². The molecule has 1 fully saturated rings. The first-order valence-corrected chi connectivity index (χ1v) is 8.75. The smallest absolute Gasteiger partial charge is 0.258 e. The number of benzene rings is 1.